The van der Waals surface area contributed by atoms with Gasteiger partial charge < -0.3 is 36.0 Å². The van der Waals surface area contributed by atoms with Crippen molar-refractivity contribution >= 4 is 5.91 Å². The van der Waals surface area contributed by atoms with Crippen LogP contribution in [-0.4, -0.2) is 74.7 Å². The lowest BCUT2D eigenvalue weighted by atomic mass is 9.92. The summed E-state index contributed by atoms with van der Waals surface area (Å²) < 4.78 is 4.89. The third-order valence-electron chi connectivity index (χ3n) is 2.53. The van der Waals surface area contributed by atoms with E-state index in [2.05, 4.69) is 0 Å². The second kappa shape index (κ2) is 5.04. The Hall–Kier alpha value is -0.770. The van der Waals surface area contributed by atoms with Gasteiger partial charge in [-0.3, -0.25) is 4.79 Å². The van der Waals surface area contributed by atoms with E-state index >= 15 is 0 Å². The molecule has 1 fully saturated rings. The van der Waals surface area contributed by atoms with E-state index in [4.69, 9.17) is 15.6 Å². The average Bonchev–Trinajstić information content (AvgIpc) is 2.25. The molecule has 1 unspecified atom stereocenters. The Morgan fingerprint density at radius 2 is 1.81 bits per heavy atom. The Balaban J connectivity index is 2.82. The van der Waals surface area contributed by atoms with Crippen molar-refractivity contribution in [3.8, 4) is 0 Å². The average molecular weight is 237 g/mol. The van der Waals surface area contributed by atoms with Crippen molar-refractivity contribution in [2.75, 3.05) is 6.61 Å². The molecule has 1 heterocycles. The summed E-state index contributed by atoms with van der Waals surface area (Å²) in [6.07, 6.45) is -9.31. The van der Waals surface area contributed by atoms with Gasteiger partial charge in [-0.1, -0.05) is 0 Å². The van der Waals surface area contributed by atoms with E-state index in [0.29, 0.717) is 0 Å². The third-order valence-corrected chi connectivity index (χ3v) is 2.53. The standard InChI is InChI=1S/C8H15NO7/c9-8(15)6(14)7-5(13)4(12)3(11)2(1-10)16-7/h2-7,10-14H,1H2,(H2,9,15)/t2-,3+,4+,5-,6?,7-/m1/s1. The van der Waals surface area contributed by atoms with Crippen LogP contribution in [-0.2, 0) is 9.53 Å². The van der Waals surface area contributed by atoms with Crippen LogP contribution in [0.15, 0.2) is 0 Å². The number of hydrogen-bond donors (Lipinski definition) is 6. The Bertz CT molecular complexity index is 259. The minimum absolute atomic E-state index is 0.632. The minimum atomic E-state index is -1.83. The molecule has 0 aromatic carbocycles. The molecule has 1 saturated heterocycles. The zero-order valence-electron chi connectivity index (χ0n) is 8.30. The number of hydrogen-bond acceptors (Lipinski definition) is 7. The number of amides is 1. The molecule has 7 N–H and O–H groups in total. The Labute approximate surface area is 90.9 Å². The van der Waals surface area contributed by atoms with Gasteiger partial charge in [-0.05, 0) is 0 Å². The largest absolute Gasteiger partial charge is 0.394 e. The zero-order valence-corrected chi connectivity index (χ0v) is 8.30. The molecule has 0 aliphatic carbocycles. The minimum Gasteiger partial charge on any atom is -0.394 e. The number of carbonyl (C=O) groups is 1. The van der Waals surface area contributed by atoms with E-state index in [1.807, 2.05) is 0 Å². The van der Waals surface area contributed by atoms with Gasteiger partial charge in [0.25, 0.3) is 0 Å². The molecule has 0 spiro atoms. The number of aliphatic hydroxyl groups is 5. The highest BCUT2D eigenvalue weighted by Gasteiger charge is 2.47. The van der Waals surface area contributed by atoms with E-state index in [9.17, 15) is 25.2 Å². The monoisotopic (exact) mass is 237 g/mol. The summed E-state index contributed by atoms with van der Waals surface area (Å²) in [4.78, 5) is 10.7. The molecule has 0 bridgehead atoms. The summed E-state index contributed by atoms with van der Waals surface area (Å²) in [5.74, 6) is -1.13. The van der Waals surface area contributed by atoms with Gasteiger partial charge in [-0.25, -0.2) is 0 Å². The second-order valence-electron chi connectivity index (χ2n) is 3.64. The lowest BCUT2D eigenvalue weighted by molar-refractivity contribution is -0.246. The molecule has 0 aromatic rings. The number of rotatable bonds is 3. The van der Waals surface area contributed by atoms with Crippen LogP contribution in [0.5, 0.6) is 0 Å². The maximum absolute atomic E-state index is 10.7. The van der Waals surface area contributed by atoms with Crippen LogP contribution in [0.2, 0.25) is 0 Å². The predicted octanol–water partition coefficient (Wildman–Crippen LogP) is -4.32. The summed E-state index contributed by atoms with van der Waals surface area (Å²) in [7, 11) is 0. The van der Waals surface area contributed by atoms with Gasteiger partial charge in [0.1, 0.15) is 30.5 Å². The Morgan fingerprint density at radius 1 is 1.25 bits per heavy atom. The van der Waals surface area contributed by atoms with Crippen LogP contribution in [0.1, 0.15) is 0 Å². The summed E-state index contributed by atoms with van der Waals surface area (Å²) in [5.41, 5.74) is 4.81. The van der Waals surface area contributed by atoms with Crippen molar-refractivity contribution < 1.29 is 35.1 Å². The highest BCUT2D eigenvalue weighted by atomic mass is 16.6. The molecule has 0 radical (unpaired) electrons. The van der Waals surface area contributed by atoms with E-state index in [1.165, 1.54) is 0 Å². The quantitative estimate of drug-likeness (QED) is 0.290. The van der Waals surface area contributed by atoms with E-state index in [-0.39, 0.29) is 0 Å². The van der Waals surface area contributed by atoms with Gasteiger partial charge in [0.2, 0.25) is 5.91 Å². The smallest absolute Gasteiger partial charge is 0.249 e. The number of nitrogens with two attached hydrogens (primary N) is 1. The lowest BCUT2D eigenvalue weighted by Crippen LogP contribution is -2.63. The molecule has 0 saturated carbocycles. The number of carbonyl (C=O) groups excluding carboxylic acids is 1. The molecule has 94 valence electrons. The maximum Gasteiger partial charge on any atom is 0.249 e. The van der Waals surface area contributed by atoms with Crippen molar-refractivity contribution in [1.82, 2.24) is 0 Å². The number of aliphatic hydroxyl groups excluding tert-OH is 5. The lowest BCUT2D eigenvalue weighted by Gasteiger charge is -2.41. The highest BCUT2D eigenvalue weighted by Crippen LogP contribution is 2.23. The highest BCUT2D eigenvalue weighted by molar-refractivity contribution is 5.79. The second-order valence-corrected chi connectivity index (χ2v) is 3.64. The predicted molar refractivity (Wildman–Crippen MR) is 49.0 cm³/mol. The first kappa shape index (κ1) is 13.3. The topological polar surface area (TPSA) is 153 Å². The molecule has 1 rings (SSSR count). The molecule has 8 heteroatoms. The van der Waals surface area contributed by atoms with Gasteiger partial charge in [-0.15, -0.1) is 0 Å². The fraction of sp³-hybridized carbons (Fsp3) is 0.875. The first-order valence-electron chi connectivity index (χ1n) is 4.68. The SMILES string of the molecule is NC(=O)C(O)[C@@H]1O[C@H](CO)[C@H](O)[C@H](O)[C@H]1O. The summed E-state index contributed by atoms with van der Waals surface area (Å²) >= 11 is 0. The van der Waals surface area contributed by atoms with Crippen molar-refractivity contribution in [3.05, 3.63) is 0 Å². The van der Waals surface area contributed by atoms with Crippen molar-refractivity contribution in [3.63, 3.8) is 0 Å². The van der Waals surface area contributed by atoms with Crippen molar-refractivity contribution in [2.24, 2.45) is 5.73 Å². The fourth-order valence-corrected chi connectivity index (χ4v) is 1.55. The first-order valence-corrected chi connectivity index (χ1v) is 4.68. The van der Waals surface area contributed by atoms with Gasteiger partial charge >= 0.3 is 0 Å². The van der Waals surface area contributed by atoms with Gasteiger partial charge in [0.15, 0.2) is 6.10 Å². The molecular weight excluding hydrogens is 222 g/mol. The van der Waals surface area contributed by atoms with Crippen LogP contribution in [0, 0.1) is 0 Å². The van der Waals surface area contributed by atoms with Crippen molar-refractivity contribution in [1.29, 1.82) is 0 Å². The summed E-state index contributed by atoms with van der Waals surface area (Å²) in [5, 5.41) is 46.3. The van der Waals surface area contributed by atoms with Crippen LogP contribution < -0.4 is 5.73 Å². The van der Waals surface area contributed by atoms with Crippen LogP contribution >= 0.6 is 0 Å². The maximum atomic E-state index is 10.7. The van der Waals surface area contributed by atoms with Gasteiger partial charge in [0, 0.05) is 0 Å². The van der Waals surface area contributed by atoms with Crippen LogP contribution in [0.3, 0.4) is 0 Å². The van der Waals surface area contributed by atoms with E-state index in [0.717, 1.165) is 0 Å². The van der Waals surface area contributed by atoms with Crippen molar-refractivity contribution in [2.45, 2.75) is 36.6 Å². The van der Waals surface area contributed by atoms with Crippen LogP contribution in [0.4, 0.5) is 0 Å². The molecule has 1 aliphatic rings. The Morgan fingerprint density at radius 3 is 2.25 bits per heavy atom. The number of ether oxygens (including phenoxy) is 1. The molecule has 8 nitrogen and oxygen atoms in total. The molecule has 16 heavy (non-hydrogen) atoms. The normalized spacial score (nSPS) is 41.7. The molecule has 0 aromatic heterocycles. The zero-order chi connectivity index (χ0) is 12.5. The summed E-state index contributed by atoms with van der Waals surface area (Å²) in [6.45, 7) is -0.632. The molecular formula is C8H15NO7. The van der Waals surface area contributed by atoms with E-state index in [1.54, 1.807) is 0 Å². The van der Waals surface area contributed by atoms with Crippen LogP contribution in [0.25, 0.3) is 0 Å². The van der Waals surface area contributed by atoms with Gasteiger partial charge in [0.05, 0.1) is 6.61 Å². The third kappa shape index (κ3) is 2.32. The summed E-state index contributed by atoms with van der Waals surface area (Å²) in [6, 6.07) is 0. The van der Waals surface area contributed by atoms with Gasteiger partial charge in [-0.2, -0.15) is 0 Å². The molecule has 6 atom stereocenters. The van der Waals surface area contributed by atoms with E-state index < -0.39 is 49.1 Å². The fourth-order valence-electron chi connectivity index (χ4n) is 1.55. The number of primary amides is 1. The molecule has 1 amide bonds. The Kier molecular flexibility index (Phi) is 4.19. The first-order chi connectivity index (χ1) is 7.40. The molecule has 1 aliphatic heterocycles.